The van der Waals surface area contributed by atoms with Crippen LogP contribution in [0.5, 0.6) is 6.01 Å². The van der Waals surface area contributed by atoms with Crippen molar-refractivity contribution in [1.29, 1.82) is 0 Å². The highest BCUT2D eigenvalue weighted by molar-refractivity contribution is 7.80. The largest absolute Gasteiger partial charge is 0.463 e. The van der Waals surface area contributed by atoms with Gasteiger partial charge in [0.05, 0.1) is 18.9 Å². The Morgan fingerprint density at radius 3 is 2.59 bits per heavy atom. The Hall–Kier alpha value is -2.35. The maximum atomic E-state index is 10.0. The summed E-state index contributed by atoms with van der Waals surface area (Å²) < 4.78 is 12.2. The van der Waals surface area contributed by atoms with Crippen LogP contribution in [0, 0.1) is 0 Å². The van der Waals surface area contributed by atoms with Crippen molar-refractivity contribution in [3.05, 3.63) is 30.6 Å². The van der Waals surface area contributed by atoms with Gasteiger partial charge in [0.15, 0.2) is 11.3 Å². The highest BCUT2D eigenvalue weighted by Gasteiger charge is 2.43. The highest BCUT2D eigenvalue weighted by atomic mass is 32.1. The Balaban J connectivity index is 1.59. The van der Waals surface area contributed by atoms with Crippen LogP contribution in [0.2, 0.25) is 0 Å². The van der Waals surface area contributed by atoms with E-state index in [0.717, 1.165) is 5.69 Å². The van der Waals surface area contributed by atoms with E-state index >= 15 is 0 Å². The molecule has 1 saturated heterocycles. The van der Waals surface area contributed by atoms with Crippen LogP contribution in [0.3, 0.4) is 0 Å². The molecule has 1 aliphatic rings. The van der Waals surface area contributed by atoms with Gasteiger partial charge in [0, 0.05) is 5.69 Å². The molecule has 1 aromatic heterocycles. The van der Waals surface area contributed by atoms with Crippen molar-refractivity contribution >= 4 is 23.0 Å². The third-order valence-corrected chi connectivity index (χ3v) is 4.52. The minimum absolute atomic E-state index is 0.126. The van der Waals surface area contributed by atoms with Gasteiger partial charge in [-0.25, -0.2) is 4.68 Å². The third kappa shape index (κ3) is 4.98. The van der Waals surface area contributed by atoms with E-state index in [-0.39, 0.29) is 5.11 Å². The normalized spacial score (nSPS) is 26.7. The first kappa shape index (κ1) is 21.4. The van der Waals surface area contributed by atoms with Crippen molar-refractivity contribution in [3.63, 3.8) is 0 Å². The number of aliphatic hydroxyl groups is 4. The molecule has 1 aromatic carbocycles. The molecule has 0 aliphatic carbocycles. The van der Waals surface area contributed by atoms with Gasteiger partial charge in [0.25, 0.3) is 0 Å². The molecule has 3 rings (SSSR count). The molecule has 1 aliphatic heterocycles. The predicted octanol–water partition coefficient (Wildman–Crippen LogP) is -1.25. The molecule has 29 heavy (non-hydrogen) atoms. The Kier molecular flexibility index (Phi) is 6.95. The van der Waals surface area contributed by atoms with Gasteiger partial charge >= 0.3 is 6.01 Å². The zero-order valence-electron chi connectivity index (χ0n) is 15.5. The first-order chi connectivity index (χ1) is 13.9. The summed E-state index contributed by atoms with van der Waals surface area (Å²) in [5.41, 5.74) is 1.42. The molecule has 11 nitrogen and oxygen atoms in total. The van der Waals surface area contributed by atoms with E-state index < -0.39 is 37.3 Å². The van der Waals surface area contributed by atoms with Crippen molar-refractivity contribution in [1.82, 2.24) is 20.1 Å². The van der Waals surface area contributed by atoms with Crippen molar-refractivity contribution < 1.29 is 29.9 Å². The predicted molar refractivity (Wildman–Crippen MR) is 106 cm³/mol. The summed E-state index contributed by atoms with van der Waals surface area (Å²) in [6, 6.07) is 7.41. The molecule has 158 valence electrons. The molecule has 5 atom stereocenters. The van der Waals surface area contributed by atoms with Crippen molar-refractivity contribution in [2.75, 3.05) is 18.5 Å². The van der Waals surface area contributed by atoms with E-state index in [1.54, 1.807) is 35.3 Å². The number of thiocarbonyl (C=S) groups is 1. The second-order valence-electron chi connectivity index (χ2n) is 6.30. The average Bonchev–Trinajstić information content (AvgIpc) is 3.18. The second kappa shape index (κ2) is 9.43. The first-order valence-electron chi connectivity index (χ1n) is 8.96. The first-order valence-corrected chi connectivity index (χ1v) is 9.36. The summed E-state index contributed by atoms with van der Waals surface area (Å²) >= 11 is 5.21. The van der Waals surface area contributed by atoms with Crippen molar-refractivity contribution in [2.24, 2.45) is 0 Å². The number of nitrogens with one attached hydrogen (secondary N) is 2. The van der Waals surface area contributed by atoms with Gasteiger partial charge in [0.1, 0.15) is 30.7 Å². The van der Waals surface area contributed by atoms with Crippen molar-refractivity contribution in [2.45, 2.75) is 37.6 Å². The third-order valence-electron chi connectivity index (χ3n) is 4.30. The fourth-order valence-corrected chi connectivity index (χ4v) is 3.02. The van der Waals surface area contributed by atoms with Crippen LogP contribution in [-0.4, -0.2) is 84.2 Å². The lowest BCUT2D eigenvalue weighted by atomic mass is 9.98. The van der Waals surface area contributed by atoms with E-state index in [2.05, 4.69) is 20.7 Å². The quantitative estimate of drug-likeness (QED) is 0.308. The SMILES string of the molecule is CCOc1ncn(-c2ccc(NC(=S)N[C@@H]3O[C@H](CO)[C@@H](O)[C@H](O)[C@H]3O)cc2)n1. The lowest BCUT2D eigenvalue weighted by Crippen LogP contribution is -2.63. The minimum Gasteiger partial charge on any atom is -0.463 e. The number of aromatic nitrogens is 3. The summed E-state index contributed by atoms with van der Waals surface area (Å²) in [6.45, 7) is 1.81. The average molecular weight is 425 g/mol. The van der Waals surface area contributed by atoms with E-state index in [1.165, 1.54) is 0 Å². The number of ether oxygens (including phenoxy) is 2. The molecule has 2 heterocycles. The Morgan fingerprint density at radius 2 is 1.93 bits per heavy atom. The molecule has 2 aromatic rings. The number of rotatable bonds is 6. The fraction of sp³-hybridized carbons (Fsp3) is 0.471. The smallest absolute Gasteiger partial charge is 0.335 e. The summed E-state index contributed by atoms with van der Waals surface area (Å²) in [5.74, 6) is 0. The van der Waals surface area contributed by atoms with Gasteiger partial charge in [-0.15, -0.1) is 5.10 Å². The molecule has 0 spiro atoms. The number of aliphatic hydroxyl groups excluding tert-OH is 4. The van der Waals surface area contributed by atoms with E-state index in [1.807, 2.05) is 6.92 Å². The minimum atomic E-state index is -1.48. The zero-order valence-corrected chi connectivity index (χ0v) is 16.4. The molecular formula is C17H23N5O6S. The van der Waals surface area contributed by atoms with Gasteiger partial charge < -0.3 is 40.5 Å². The van der Waals surface area contributed by atoms with Crippen molar-refractivity contribution in [3.8, 4) is 11.7 Å². The number of hydrogen-bond acceptors (Lipinski definition) is 9. The van der Waals surface area contributed by atoms with E-state index in [0.29, 0.717) is 18.3 Å². The van der Waals surface area contributed by atoms with E-state index in [9.17, 15) is 20.4 Å². The van der Waals surface area contributed by atoms with Crippen LogP contribution in [0.4, 0.5) is 5.69 Å². The highest BCUT2D eigenvalue weighted by Crippen LogP contribution is 2.20. The monoisotopic (exact) mass is 425 g/mol. The van der Waals surface area contributed by atoms with Crippen LogP contribution in [-0.2, 0) is 4.74 Å². The van der Waals surface area contributed by atoms with Crippen LogP contribution in [0.15, 0.2) is 30.6 Å². The molecule has 6 N–H and O–H groups in total. The molecule has 0 radical (unpaired) electrons. The molecule has 0 amide bonds. The summed E-state index contributed by atoms with van der Waals surface area (Å²) in [7, 11) is 0. The standard InChI is InChI=1S/C17H23N5O6S/c1-2-27-16-18-8-22(21-16)10-5-3-9(4-6-10)19-17(29)20-15-14(26)13(25)12(24)11(7-23)28-15/h3-6,8,11-15,23-26H,2,7H2,1H3,(H2,19,20,29)/t11-,12-,13+,14-,15-/m1/s1. The van der Waals surface area contributed by atoms with Crippen LogP contribution < -0.4 is 15.4 Å². The maximum absolute atomic E-state index is 10.0. The maximum Gasteiger partial charge on any atom is 0.335 e. The molecule has 0 bridgehead atoms. The lowest BCUT2D eigenvalue weighted by molar-refractivity contribution is -0.232. The van der Waals surface area contributed by atoms with Gasteiger partial charge in [0.2, 0.25) is 0 Å². The van der Waals surface area contributed by atoms with E-state index in [4.69, 9.17) is 21.7 Å². The zero-order chi connectivity index (χ0) is 21.0. The summed E-state index contributed by atoms with van der Waals surface area (Å²) in [6.07, 6.45) is -4.92. The van der Waals surface area contributed by atoms with Crippen LogP contribution >= 0.6 is 12.2 Å². The Bertz CT molecular complexity index is 817. The number of hydrogen-bond donors (Lipinski definition) is 6. The lowest BCUT2D eigenvalue weighted by Gasteiger charge is -2.40. The topological polar surface area (TPSA) is 154 Å². The summed E-state index contributed by atoms with van der Waals surface area (Å²) in [4.78, 5) is 4.04. The summed E-state index contributed by atoms with van der Waals surface area (Å²) in [5, 5.41) is 48.9. The molecule has 0 unspecified atom stereocenters. The molecular weight excluding hydrogens is 402 g/mol. The number of nitrogens with zero attached hydrogens (tertiary/aromatic N) is 3. The van der Waals surface area contributed by atoms with Gasteiger partial charge in [-0.1, -0.05) is 0 Å². The molecule has 1 fully saturated rings. The van der Waals surface area contributed by atoms with Gasteiger partial charge in [-0.3, -0.25) is 0 Å². The molecule has 12 heteroatoms. The van der Waals surface area contributed by atoms with Gasteiger partial charge in [-0.2, -0.15) is 4.98 Å². The van der Waals surface area contributed by atoms with Crippen LogP contribution in [0.25, 0.3) is 5.69 Å². The Labute approximate surface area is 171 Å². The fourth-order valence-electron chi connectivity index (χ4n) is 2.78. The number of benzene rings is 1. The molecule has 0 saturated carbocycles. The number of anilines is 1. The van der Waals surface area contributed by atoms with Gasteiger partial charge in [-0.05, 0) is 43.4 Å². The second-order valence-corrected chi connectivity index (χ2v) is 6.71. The Morgan fingerprint density at radius 1 is 1.21 bits per heavy atom. The van der Waals surface area contributed by atoms with Crippen LogP contribution in [0.1, 0.15) is 6.92 Å².